The van der Waals surface area contributed by atoms with E-state index < -0.39 is 42.1 Å². The number of carboxylic acid groups (broad SMARTS) is 2. The van der Waals surface area contributed by atoms with Gasteiger partial charge >= 0.3 is 5.97 Å². The smallest absolute Gasteiger partial charge is 0.307 e. The molecule has 36 heteroatoms. The Hall–Kier alpha value is -5.98. The summed E-state index contributed by atoms with van der Waals surface area (Å²) >= 11 is 0. The number of ketones is 2. The molecule has 24 N–H and O–H groups in total. The summed E-state index contributed by atoms with van der Waals surface area (Å²) in [7, 11) is 14.1. The van der Waals surface area contributed by atoms with Crippen LogP contribution in [-0.4, -0.2) is 194 Å². The Morgan fingerprint density at radius 2 is 0.816 bits per heavy atom. The van der Waals surface area contributed by atoms with Crippen LogP contribution in [0.1, 0.15) is 106 Å². The van der Waals surface area contributed by atoms with Crippen LogP contribution < -0.4 is 31.9 Å². The van der Waals surface area contributed by atoms with Crippen LogP contribution >= 0.6 is 0 Å². The first kappa shape index (κ1) is 135. The monoisotopic (exact) mass is 1430 g/mol. The maximum absolute atomic E-state index is 11.4. The maximum Gasteiger partial charge on any atom is 0.307 e. The summed E-state index contributed by atoms with van der Waals surface area (Å²) in [5.41, 5.74) is 3.80. The predicted octanol–water partition coefficient (Wildman–Crippen LogP) is 0.268. The second-order valence-electron chi connectivity index (χ2n) is 13.6. The third-order valence-corrected chi connectivity index (χ3v) is 7.77. The second kappa shape index (κ2) is 102. The molecule has 1 aliphatic rings. The summed E-state index contributed by atoms with van der Waals surface area (Å²) in [4.78, 5) is 113. The molecule has 34 nitrogen and oxygen atoms in total. The van der Waals surface area contributed by atoms with Crippen LogP contribution in [0.2, 0.25) is 0 Å². The molecule has 2 aromatic rings. The molecular formula is C51H110N8O26Y2. The third kappa shape index (κ3) is 112. The number of Topliss-reactive ketones (excluding diaryl/α,β-unsaturated/α-hetero) is 2. The molecule has 1 aliphatic carbocycles. The Balaban J connectivity index is -0.0000000340. The molecule has 2 radical (unpaired) electrons. The summed E-state index contributed by atoms with van der Waals surface area (Å²) in [6, 6.07) is 15.6. The fourth-order valence-corrected chi connectivity index (χ4v) is 4.20. The van der Waals surface area contributed by atoms with Crippen molar-refractivity contribution in [3.8, 4) is 0 Å². The zero-order chi connectivity index (χ0) is 62.5. The fraction of sp³-hybridized carbons (Fsp3) is 0.549. The van der Waals surface area contributed by atoms with E-state index in [2.05, 4.69) is 56.5 Å². The molecule has 1 saturated carbocycles. The standard InChI is InChI=1S/C14H16N4.C12H16O6.4C3H7NO.C2H6O3.3C2H4O2.C2H6.3CH4.7H2O.2Y/c1-15-11-3-7-13(8-4-11)17-18-14-9-5-12(16-2)6-10-14;1-6(14)3-9-10(18-5-13)4-8(7(2)15)11(9)12(16)17;4*1-3(5)4-2;1-2(3)5-4;2*1-4-2-3;1-2(3)4;1-2;;;;;;;;;;;;/h3-10,15-16H,1-2H3;5,8-11H,3-4H2,1-2H3,(H,16,17);4*1-2H3,(H,4,5);2-4H,1H3;2*2H,1H3;1H3,(H,3,4);1-2H3;3*1H4;7*1H2;;/i;;;;;;;;;;;1D;;;;;;;;;;;. The minimum absolute atomic E-state index is 0. The molecule has 0 aliphatic heterocycles. The molecule has 0 aromatic heterocycles. The van der Waals surface area contributed by atoms with Gasteiger partial charge in [0, 0.05) is 173 Å². The summed E-state index contributed by atoms with van der Waals surface area (Å²) in [6.07, 6.45) is -1.57. The van der Waals surface area contributed by atoms with Crippen molar-refractivity contribution in [3.63, 3.8) is 0 Å². The number of aliphatic hydroxyl groups excluding tert-OH is 1. The van der Waals surface area contributed by atoms with Crippen molar-refractivity contribution in [2.45, 2.75) is 117 Å². The summed E-state index contributed by atoms with van der Waals surface area (Å²) in [6.45, 7) is 15.9. The van der Waals surface area contributed by atoms with Crippen molar-refractivity contribution in [1.29, 1.82) is 0 Å². The van der Waals surface area contributed by atoms with Crippen LogP contribution in [0.25, 0.3) is 0 Å². The van der Waals surface area contributed by atoms with E-state index >= 15 is 0 Å². The topological polar surface area (TPSA) is 623 Å². The number of hydrogen-bond donors (Lipinski definition) is 10. The molecule has 0 bridgehead atoms. The Morgan fingerprint density at radius 3 is 0.954 bits per heavy atom. The molecular weight excluding hydrogens is 1320 g/mol. The molecule has 1 fully saturated rings. The zero-order valence-corrected chi connectivity index (χ0v) is 57.8. The van der Waals surface area contributed by atoms with Gasteiger partial charge in [-0.05, 0) is 75.7 Å². The molecule has 516 valence electrons. The summed E-state index contributed by atoms with van der Waals surface area (Å²) < 4.78 is 18.3. The van der Waals surface area contributed by atoms with E-state index in [9.17, 15) is 43.5 Å². The maximum atomic E-state index is 11.4. The van der Waals surface area contributed by atoms with Crippen LogP contribution in [0.3, 0.4) is 0 Å². The van der Waals surface area contributed by atoms with Crippen LogP contribution in [0.15, 0.2) is 58.8 Å². The number of aliphatic carboxylic acids is 2. The Kier molecular flexibility index (Phi) is 158. The quantitative estimate of drug-likeness (QED) is 0.0321. The van der Waals surface area contributed by atoms with Crippen LogP contribution in [0.5, 0.6) is 0 Å². The first-order chi connectivity index (χ1) is 36.1. The van der Waals surface area contributed by atoms with Gasteiger partial charge in [-0.1, -0.05) is 36.1 Å². The largest absolute Gasteiger partial charge is 0.481 e. The van der Waals surface area contributed by atoms with Crippen LogP contribution in [0.4, 0.5) is 22.7 Å². The van der Waals surface area contributed by atoms with Crippen molar-refractivity contribution < 1.29 is 198 Å². The van der Waals surface area contributed by atoms with Gasteiger partial charge in [0.2, 0.25) is 23.6 Å². The van der Waals surface area contributed by atoms with Crippen molar-refractivity contribution in [2.24, 2.45) is 28.0 Å². The Bertz CT molecular complexity index is 1770. The van der Waals surface area contributed by atoms with Gasteiger partial charge in [0.25, 0.3) is 25.4 Å². The van der Waals surface area contributed by atoms with Gasteiger partial charge in [0.1, 0.15) is 17.7 Å². The molecule has 87 heavy (non-hydrogen) atoms. The molecule has 0 heterocycles. The first-order valence-corrected chi connectivity index (χ1v) is 22.2. The van der Waals surface area contributed by atoms with Crippen LogP contribution in [0, 0.1) is 17.8 Å². The molecule has 5 unspecified atom stereocenters. The number of azo groups is 1. The van der Waals surface area contributed by atoms with Crippen molar-refractivity contribution >= 4 is 89.3 Å². The minimum Gasteiger partial charge on any atom is -0.481 e. The number of nitrogens with zero attached hydrogens (tertiary/aromatic N) is 2. The van der Waals surface area contributed by atoms with Gasteiger partial charge in [-0.15, -0.1) is 0 Å². The van der Waals surface area contributed by atoms with E-state index in [-0.39, 0.29) is 173 Å². The van der Waals surface area contributed by atoms with Gasteiger partial charge in [-0.2, -0.15) is 10.2 Å². The number of rotatable bonds is 13. The van der Waals surface area contributed by atoms with E-state index in [0.717, 1.165) is 29.7 Å². The molecule has 4 amide bonds. The van der Waals surface area contributed by atoms with Crippen molar-refractivity contribution in [2.75, 3.05) is 67.1 Å². The average Bonchev–Trinajstić information content (AvgIpc) is 3.77. The van der Waals surface area contributed by atoms with E-state index in [4.69, 9.17) is 36.0 Å². The van der Waals surface area contributed by atoms with Crippen molar-refractivity contribution in [1.82, 2.24) is 21.3 Å². The van der Waals surface area contributed by atoms with Gasteiger partial charge in [-0.25, -0.2) is 10.1 Å². The Morgan fingerprint density at radius 1 is 0.586 bits per heavy atom. The number of carboxylic acids is 2. The summed E-state index contributed by atoms with van der Waals surface area (Å²) in [5, 5.41) is 55.9. The number of anilines is 2. The third-order valence-electron chi connectivity index (χ3n) is 7.77. The van der Waals surface area contributed by atoms with E-state index in [0.29, 0.717) is 12.9 Å². The average molecular weight is 1430 g/mol. The van der Waals surface area contributed by atoms with Gasteiger partial charge in [-0.3, -0.25) is 47.9 Å². The van der Waals surface area contributed by atoms with E-state index in [1.807, 2.05) is 76.5 Å². The molecule has 2 aromatic carbocycles. The van der Waals surface area contributed by atoms with Gasteiger partial charge < -0.3 is 105 Å². The van der Waals surface area contributed by atoms with E-state index in [1.54, 1.807) is 28.2 Å². The normalized spacial score (nSPS) is 11.9. The summed E-state index contributed by atoms with van der Waals surface area (Å²) in [5.74, 6) is -4.67. The molecule has 0 spiro atoms. The number of benzene rings is 2. The number of aliphatic hydroxyl groups is 1. The number of carbonyl (C=O) groups excluding carboxylic acids is 9. The number of hydrogen-bond acceptors (Lipinski definition) is 21. The minimum atomic E-state index is -1.13. The fourth-order valence-electron chi connectivity index (χ4n) is 4.20. The van der Waals surface area contributed by atoms with Gasteiger partial charge in [0.15, 0.2) is 6.29 Å². The number of nitrogens with one attached hydrogen (secondary N) is 6. The SMILES string of the molecule is C.C.CC.CC(=O)CC1C(OC=O)CC(C(C)=O)C1C(=O)O.CC(=O)O.CC(O)OO.CNC(C)=O.CNC(C)=O.CNC(C)=O.CNC(C)=O.CNc1ccc(N=Nc2ccc(NC)cc2)cc1.COC=O.COC=O.O.O.O.O.O.O.O.[2H]C.[Y].[Y]. The first-order valence-electron chi connectivity index (χ1n) is 23.2. The Labute approximate surface area is 564 Å². The van der Waals surface area contributed by atoms with Crippen molar-refractivity contribution in [3.05, 3.63) is 48.5 Å². The number of ether oxygens (including phenoxy) is 3. The number of carbonyl (C=O) groups is 11. The molecule has 0 saturated heterocycles. The van der Waals surface area contributed by atoms with E-state index in [1.165, 1.54) is 70.1 Å². The second-order valence-corrected chi connectivity index (χ2v) is 13.6. The molecule has 5 atom stereocenters. The molecule has 3 rings (SSSR count). The number of amides is 4. The zero-order valence-electron chi connectivity index (χ0n) is 53.1. The van der Waals surface area contributed by atoms with Gasteiger partial charge in [0.05, 0.1) is 31.5 Å². The van der Waals surface area contributed by atoms with Crippen LogP contribution in [-0.2, 0) is 137 Å². The number of methoxy groups -OCH3 is 2. The predicted molar refractivity (Wildman–Crippen MR) is 326 cm³/mol.